The summed E-state index contributed by atoms with van der Waals surface area (Å²) in [6.45, 7) is 0.737. The van der Waals surface area contributed by atoms with E-state index in [2.05, 4.69) is 5.32 Å². The summed E-state index contributed by atoms with van der Waals surface area (Å²) < 4.78 is 0. The third-order valence-corrected chi connectivity index (χ3v) is 7.75. The summed E-state index contributed by atoms with van der Waals surface area (Å²) in [5.41, 5.74) is 4.79. The molecule has 10 heteroatoms. The first-order valence-electron chi connectivity index (χ1n) is 12.1. The van der Waals surface area contributed by atoms with Gasteiger partial charge in [0.05, 0.1) is 18.2 Å². The first kappa shape index (κ1) is 25.2. The number of phenolic OH excluding ortho intramolecular Hbond substituents is 1. The number of benzene rings is 2. The molecular formula is C28H25N3O7. The zero-order chi connectivity index (χ0) is 27.4. The maximum absolute atomic E-state index is 13.6. The Morgan fingerprint density at radius 3 is 2.47 bits per heavy atom. The molecule has 194 valence electrons. The van der Waals surface area contributed by atoms with Gasteiger partial charge in [-0.25, -0.2) is 0 Å². The maximum Gasteiger partial charge on any atom is 0.255 e. The number of nitrogens with one attached hydrogen (secondary N) is 1. The number of rotatable bonds is 5. The Balaban J connectivity index is 1.59. The van der Waals surface area contributed by atoms with Gasteiger partial charge in [-0.15, -0.1) is 0 Å². The molecule has 0 saturated heterocycles. The highest BCUT2D eigenvalue weighted by Crippen LogP contribution is 2.53. The zero-order valence-electron chi connectivity index (χ0n) is 20.2. The number of ketones is 2. The van der Waals surface area contributed by atoms with Crippen molar-refractivity contribution in [1.82, 2.24) is 5.32 Å². The summed E-state index contributed by atoms with van der Waals surface area (Å²) in [5.74, 6) is -6.53. The van der Waals surface area contributed by atoms with E-state index in [0.29, 0.717) is 12.1 Å². The topological polar surface area (TPSA) is 194 Å². The predicted molar refractivity (Wildman–Crippen MR) is 134 cm³/mol. The van der Waals surface area contributed by atoms with Gasteiger partial charge in [-0.3, -0.25) is 14.4 Å². The first-order chi connectivity index (χ1) is 18.1. The lowest BCUT2D eigenvalue weighted by Gasteiger charge is -2.46. The third kappa shape index (κ3) is 3.67. The van der Waals surface area contributed by atoms with Crippen molar-refractivity contribution in [3.05, 3.63) is 70.0 Å². The number of nitriles is 1. The molecule has 3 aliphatic carbocycles. The number of hydrogen-bond donors (Lipinski definition) is 6. The van der Waals surface area contributed by atoms with Gasteiger partial charge in [0.15, 0.2) is 11.4 Å². The summed E-state index contributed by atoms with van der Waals surface area (Å²) in [6.07, 6.45) is -0.0682. The van der Waals surface area contributed by atoms with Gasteiger partial charge >= 0.3 is 0 Å². The lowest BCUT2D eigenvalue weighted by Crippen LogP contribution is -2.58. The van der Waals surface area contributed by atoms with Crippen LogP contribution in [0.15, 0.2) is 53.3 Å². The van der Waals surface area contributed by atoms with E-state index < -0.39 is 52.0 Å². The average molecular weight is 516 g/mol. The van der Waals surface area contributed by atoms with Gasteiger partial charge in [-0.1, -0.05) is 30.3 Å². The lowest BCUT2D eigenvalue weighted by molar-refractivity contribution is -0.147. The Morgan fingerprint density at radius 2 is 1.82 bits per heavy atom. The Morgan fingerprint density at radius 1 is 1.11 bits per heavy atom. The number of amides is 1. The van der Waals surface area contributed by atoms with Crippen molar-refractivity contribution in [2.24, 2.45) is 17.6 Å². The Kier molecular flexibility index (Phi) is 6.06. The molecule has 2 aromatic rings. The first-order valence-corrected chi connectivity index (χ1v) is 12.1. The summed E-state index contributed by atoms with van der Waals surface area (Å²) in [7, 11) is 0. The molecule has 5 rings (SSSR count). The quantitative estimate of drug-likeness (QED) is 0.195. The van der Waals surface area contributed by atoms with E-state index in [1.807, 2.05) is 30.3 Å². The van der Waals surface area contributed by atoms with Gasteiger partial charge in [-0.2, -0.15) is 5.26 Å². The van der Waals surface area contributed by atoms with Crippen molar-refractivity contribution in [2.45, 2.75) is 31.4 Å². The van der Waals surface area contributed by atoms with E-state index in [9.17, 15) is 34.8 Å². The van der Waals surface area contributed by atoms with Crippen LogP contribution in [0.5, 0.6) is 5.75 Å². The molecule has 0 unspecified atom stereocenters. The van der Waals surface area contributed by atoms with Gasteiger partial charge in [0.25, 0.3) is 5.91 Å². The Bertz CT molecular complexity index is 1500. The number of phenols is 1. The molecule has 0 spiro atoms. The molecule has 3 atom stereocenters. The third-order valence-electron chi connectivity index (χ3n) is 7.75. The molecule has 0 bridgehead atoms. The smallest absolute Gasteiger partial charge is 0.255 e. The van der Waals surface area contributed by atoms with E-state index in [1.54, 1.807) is 6.07 Å². The molecule has 0 heterocycles. The van der Waals surface area contributed by atoms with Crippen LogP contribution in [-0.4, -0.2) is 50.0 Å². The van der Waals surface area contributed by atoms with Crippen molar-refractivity contribution in [3.63, 3.8) is 0 Å². The fourth-order valence-electron chi connectivity index (χ4n) is 5.96. The van der Waals surface area contributed by atoms with Crippen LogP contribution in [0.4, 0.5) is 0 Å². The summed E-state index contributed by atoms with van der Waals surface area (Å²) in [4.78, 5) is 37.9. The minimum atomic E-state index is -2.59. The highest BCUT2D eigenvalue weighted by Gasteiger charge is 2.60. The number of fused-ring (bicyclic) bond motifs is 3. The van der Waals surface area contributed by atoms with Crippen LogP contribution in [0.3, 0.4) is 0 Å². The van der Waals surface area contributed by atoms with E-state index in [1.165, 1.54) is 6.07 Å². The zero-order valence-corrected chi connectivity index (χ0v) is 20.2. The Labute approximate surface area is 217 Å². The normalized spacial score (nSPS) is 24.4. The summed E-state index contributed by atoms with van der Waals surface area (Å²) in [5, 5.41) is 55.6. The summed E-state index contributed by atoms with van der Waals surface area (Å²) >= 11 is 0. The van der Waals surface area contributed by atoms with Gasteiger partial charge in [0.2, 0.25) is 5.78 Å². The van der Waals surface area contributed by atoms with Crippen LogP contribution in [0, 0.1) is 23.2 Å². The van der Waals surface area contributed by atoms with Crippen molar-refractivity contribution in [1.29, 1.82) is 5.26 Å². The summed E-state index contributed by atoms with van der Waals surface area (Å²) in [6, 6.07) is 12.7. The van der Waals surface area contributed by atoms with Crippen molar-refractivity contribution in [3.8, 4) is 22.9 Å². The molecule has 2 aromatic carbocycles. The average Bonchev–Trinajstić information content (AvgIpc) is 2.87. The number of nitrogens with two attached hydrogens (primary N) is 1. The monoisotopic (exact) mass is 515 g/mol. The SMILES string of the molecule is N#CCNCc1ccc(-c2ccc(O)c3c2C[C@H]2C[C@H]4CC(=O)C(C(N)=O)=C(O)[C@@]4(O)C(=O)C2=C3O)cc1. The molecule has 1 amide bonds. The largest absolute Gasteiger partial charge is 0.508 e. The molecule has 10 nitrogen and oxygen atoms in total. The molecule has 1 saturated carbocycles. The van der Waals surface area contributed by atoms with E-state index >= 15 is 0 Å². The number of hydrogen-bond acceptors (Lipinski definition) is 9. The van der Waals surface area contributed by atoms with Crippen LogP contribution in [0.2, 0.25) is 0 Å². The second-order valence-corrected chi connectivity index (χ2v) is 9.85. The molecule has 1 fully saturated rings. The number of aliphatic hydroxyl groups excluding tert-OH is 2. The molecule has 0 aromatic heterocycles. The van der Waals surface area contributed by atoms with E-state index in [4.69, 9.17) is 11.0 Å². The van der Waals surface area contributed by atoms with Crippen molar-refractivity contribution < 1.29 is 34.8 Å². The predicted octanol–water partition coefficient (Wildman–Crippen LogP) is 1.70. The number of aliphatic hydroxyl groups is 3. The minimum absolute atomic E-state index is 0.0504. The molecule has 38 heavy (non-hydrogen) atoms. The van der Waals surface area contributed by atoms with Gasteiger partial charge in [0.1, 0.15) is 22.8 Å². The number of primary amides is 1. The highest BCUT2D eigenvalue weighted by atomic mass is 16.3. The number of nitrogens with zero attached hydrogens (tertiary/aromatic N) is 1. The van der Waals surface area contributed by atoms with Crippen LogP contribution in [0.1, 0.15) is 29.5 Å². The number of carbonyl (C=O) groups excluding carboxylic acids is 3. The van der Waals surface area contributed by atoms with Crippen LogP contribution >= 0.6 is 0 Å². The Hall–Kier alpha value is -4.46. The highest BCUT2D eigenvalue weighted by molar-refractivity contribution is 6.22. The number of aromatic hydroxyl groups is 1. The molecule has 7 N–H and O–H groups in total. The molecule has 0 aliphatic heterocycles. The van der Waals surface area contributed by atoms with E-state index in [-0.39, 0.29) is 42.7 Å². The fraction of sp³-hybridized carbons (Fsp3) is 0.286. The second-order valence-electron chi connectivity index (χ2n) is 9.85. The second kappa shape index (κ2) is 9.13. The molecular weight excluding hydrogens is 490 g/mol. The van der Waals surface area contributed by atoms with Crippen LogP contribution < -0.4 is 11.1 Å². The standard InChI is InChI=1S/C28H25N3O7/c29-7-8-31-12-13-1-3-14(4-2-13)17-5-6-19(32)22-18(17)10-15-9-16-11-20(33)23(27(30)37)26(36)28(16,38)25(35)21(15)24(22)34/h1-6,15-16,31-32,34,36,38H,8-12H2,(H2,30,37)/t15-,16+,28+/m1/s1. The molecule has 0 radical (unpaired) electrons. The number of Topliss-reactive ketones (excluding diaryl/α,β-unsaturated/α-hetero) is 2. The van der Waals surface area contributed by atoms with Crippen LogP contribution in [0.25, 0.3) is 16.9 Å². The number of carbonyl (C=O) groups is 3. The molecule has 3 aliphatic rings. The lowest BCUT2D eigenvalue weighted by atomic mass is 9.59. The van der Waals surface area contributed by atoms with E-state index in [0.717, 1.165) is 16.7 Å². The van der Waals surface area contributed by atoms with Gasteiger partial charge < -0.3 is 31.5 Å². The van der Waals surface area contributed by atoms with Gasteiger partial charge in [-0.05, 0) is 47.1 Å². The maximum atomic E-state index is 13.6. The van der Waals surface area contributed by atoms with Gasteiger partial charge in [0, 0.05) is 24.5 Å². The van der Waals surface area contributed by atoms with Crippen molar-refractivity contribution >= 4 is 23.2 Å². The fourth-order valence-corrected chi connectivity index (χ4v) is 5.96. The van der Waals surface area contributed by atoms with Crippen LogP contribution in [-0.2, 0) is 27.3 Å². The van der Waals surface area contributed by atoms with Crippen molar-refractivity contribution in [2.75, 3.05) is 6.54 Å². The minimum Gasteiger partial charge on any atom is -0.508 e.